The van der Waals surface area contributed by atoms with Gasteiger partial charge in [-0.25, -0.2) is 0 Å². The molecule has 0 aliphatic heterocycles. The zero-order chi connectivity index (χ0) is 18.0. The van der Waals surface area contributed by atoms with Crippen LogP contribution in [0.25, 0.3) is 16.6 Å². The molecule has 3 rings (SSSR count). The normalized spacial score (nSPS) is 13.2. The Kier molecular flexibility index (Phi) is 4.70. The Labute approximate surface area is 147 Å². The van der Waals surface area contributed by atoms with Gasteiger partial charge in [-0.2, -0.15) is 0 Å². The second-order valence-electron chi connectivity index (χ2n) is 6.19. The van der Waals surface area contributed by atoms with Gasteiger partial charge in [0.15, 0.2) is 0 Å². The van der Waals surface area contributed by atoms with Crippen LogP contribution in [0, 0.1) is 0 Å². The van der Waals surface area contributed by atoms with Crippen molar-refractivity contribution in [2.75, 3.05) is 0 Å². The van der Waals surface area contributed by atoms with Crippen LogP contribution in [-0.4, -0.2) is 21.4 Å². The largest absolute Gasteiger partial charge is 0.506 e. The molecule has 1 N–H and O–H groups in total. The third-order valence-electron chi connectivity index (χ3n) is 4.43. The Hall–Kier alpha value is -2.88. The van der Waals surface area contributed by atoms with Crippen molar-refractivity contribution in [3.63, 3.8) is 0 Å². The molecular formula is C21H22N2O2. The van der Waals surface area contributed by atoms with Gasteiger partial charge in [-0.1, -0.05) is 37.3 Å². The zero-order valence-electron chi connectivity index (χ0n) is 14.7. The third-order valence-corrected chi connectivity index (χ3v) is 4.43. The zero-order valence-corrected chi connectivity index (χ0v) is 14.7. The number of para-hydroxylation sites is 2. The van der Waals surface area contributed by atoms with Crippen molar-refractivity contribution < 1.29 is 5.11 Å². The summed E-state index contributed by atoms with van der Waals surface area (Å²) in [4.78, 5) is 17.8. The van der Waals surface area contributed by atoms with Gasteiger partial charge in [-0.15, -0.1) is 0 Å². The second kappa shape index (κ2) is 6.93. The summed E-state index contributed by atoms with van der Waals surface area (Å²) in [5.41, 5.74) is 2.01. The highest BCUT2D eigenvalue weighted by Crippen LogP contribution is 2.28. The number of nitrogens with zero attached hydrogens (tertiary/aromatic N) is 2. The first-order chi connectivity index (χ1) is 12.0. The van der Waals surface area contributed by atoms with Crippen molar-refractivity contribution in [3.8, 4) is 11.4 Å². The summed E-state index contributed by atoms with van der Waals surface area (Å²) in [5.74, 6) is -0.00247. The lowest BCUT2D eigenvalue weighted by Gasteiger charge is -2.15. The van der Waals surface area contributed by atoms with Crippen molar-refractivity contribution in [3.05, 3.63) is 70.5 Å². The van der Waals surface area contributed by atoms with Crippen LogP contribution >= 0.6 is 0 Å². The van der Waals surface area contributed by atoms with Gasteiger partial charge < -0.3 is 5.11 Å². The molecule has 4 nitrogen and oxygen atoms in total. The Morgan fingerprint density at radius 3 is 2.44 bits per heavy atom. The quantitative estimate of drug-likeness (QED) is 0.723. The van der Waals surface area contributed by atoms with Crippen LogP contribution in [0.15, 0.2) is 64.4 Å². The number of aromatic nitrogens is 1. The number of hydrogen-bond donors (Lipinski definition) is 1. The Bertz CT molecular complexity index is 988. The van der Waals surface area contributed by atoms with Gasteiger partial charge >= 0.3 is 0 Å². The number of fused-ring (bicyclic) bond motifs is 1. The van der Waals surface area contributed by atoms with E-state index in [1.807, 2.05) is 68.4 Å². The van der Waals surface area contributed by atoms with Crippen molar-refractivity contribution in [1.82, 2.24) is 4.57 Å². The highest BCUT2D eigenvalue weighted by molar-refractivity contribution is 6.05. The van der Waals surface area contributed by atoms with Gasteiger partial charge in [0.2, 0.25) is 0 Å². The highest BCUT2D eigenvalue weighted by Gasteiger charge is 2.19. The Balaban J connectivity index is 2.40. The van der Waals surface area contributed by atoms with Gasteiger partial charge in [0.1, 0.15) is 11.3 Å². The van der Waals surface area contributed by atoms with E-state index in [1.165, 1.54) is 0 Å². The van der Waals surface area contributed by atoms with Crippen LogP contribution in [0.3, 0.4) is 0 Å². The predicted molar refractivity (Wildman–Crippen MR) is 103 cm³/mol. The van der Waals surface area contributed by atoms with E-state index < -0.39 is 0 Å². The van der Waals surface area contributed by atoms with Crippen molar-refractivity contribution in [2.24, 2.45) is 4.99 Å². The standard InChI is InChI=1S/C21H22N2O2/c1-4-14(2)22-15(3)19-20(24)17-12-8-9-13-18(17)23(21(19)25)16-10-6-5-7-11-16/h5-14,24H,4H2,1-3H3/t14-/m0/s1. The van der Waals surface area contributed by atoms with Gasteiger partial charge in [0, 0.05) is 22.8 Å². The Morgan fingerprint density at radius 1 is 1.12 bits per heavy atom. The van der Waals surface area contributed by atoms with Gasteiger partial charge in [-0.3, -0.25) is 14.4 Å². The minimum absolute atomic E-state index is 0.00247. The van der Waals surface area contributed by atoms with E-state index in [1.54, 1.807) is 11.5 Å². The van der Waals surface area contributed by atoms with E-state index >= 15 is 0 Å². The molecule has 1 heterocycles. The lowest BCUT2D eigenvalue weighted by molar-refractivity contribution is 0.478. The molecule has 1 atom stereocenters. The number of rotatable bonds is 4. The number of hydrogen-bond acceptors (Lipinski definition) is 3. The molecule has 0 spiro atoms. The molecule has 1 aromatic heterocycles. The molecule has 2 aromatic carbocycles. The average Bonchev–Trinajstić information content (AvgIpc) is 2.62. The number of aromatic hydroxyl groups is 1. The molecule has 0 aliphatic carbocycles. The molecule has 0 saturated carbocycles. The van der Waals surface area contributed by atoms with Crippen LogP contribution in [0.5, 0.6) is 5.75 Å². The number of aliphatic imine (C=N–C) groups is 1. The summed E-state index contributed by atoms with van der Waals surface area (Å²) < 4.78 is 1.64. The molecule has 0 fully saturated rings. The monoisotopic (exact) mass is 334 g/mol. The molecule has 0 bridgehead atoms. The van der Waals surface area contributed by atoms with Crippen molar-refractivity contribution in [1.29, 1.82) is 0 Å². The summed E-state index contributed by atoms with van der Waals surface area (Å²) in [7, 11) is 0. The van der Waals surface area contributed by atoms with E-state index in [4.69, 9.17) is 0 Å². The molecule has 4 heteroatoms. The second-order valence-corrected chi connectivity index (χ2v) is 6.19. The van der Waals surface area contributed by atoms with Crippen LogP contribution in [0.1, 0.15) is 32.8 Å². The third kappa shape index (κ3) is 3.07. The maximum Gasteiger partial charge on any atom is 0.268 e. The predicted octanol–water partition coefficient (Wildman–Crippen LogP) is 4.30. The fourth-order valence-corrected chi connectivity index (χ4v) is 2.97. The van der Waals surface area contributed by atoms with Crippen molar-refractivity contribution >= 4 is 16.6 Å². The Morgan fingerprint density at radius 2 is 1.76 bits per heavy atom. The first-order valence-electron chi connectivity index (χ1n) is 8.51. The van der Waals surface area contributed by atoms with Crippen LogP contribution in [0.2, 0.25) is 0 Å². The summed E-state index contributed by atoms with van der Waals surface area (Å²) in [6.07, 6.45) is 0.874. The first kappa shape index (κ1) is 17.0. The molecule has 0 aliphatic rings. The molecule has 0 radical (unpaired) electrons. The smallest absolute Gasteiger partial charge is 0.268 e. The summed E-state index contributed by atoms with van der Waals surface area (Å²) in [6.45, 7) is 5.83. The SMILES string of the molecule is CC[C@H](C)N=C(C)c1c(O)c2ccccc2n(-c2ccccc2)c1=O. The van der Waals surface area contributed by atoms with Crippen molar-refractivity contribution in [2.45, 2.75) is 33.2 Å². The number of benzene rings is 2. The molecule has 25 heavy (non-hydrogen) atoms. The molecular weight excluding hydrogens is 312 g/mol. The lowest BCUT2D eigenvalue weighted by Crippen LogP contribution is -2.25. The fourth-order valence-electron chi connectivity index (χ4n) is 2.97. The van der Waals surface area contributed by atoms with Crippen LogP contribution < -0.4 is 5.56 Å². The number of pyridine rings is 1. The summed E-state index contributed by atoms with van der Waals surface area (Å²) in [5, 5.41) is 11.4. The van der Waals surface area contributed by atoms with E-state index in [0.29, 0.717) is 16.6 Å². The molecule has 0 saturated heterocycles. The van der Waals surface area contributed by atoms with Crippen LogP contribution in [0.4, 0.5) is 0 Å². The average molecular weight is 334 g/mol. The molecule has 0 unspecified atom stereocenters. The van der Waals surface area contributed by atoms with E-state index in [0.717, 1.165) is 12.1 Å². The van der Waals surface area contributed by atoms with E-state index in [2.05, 4.69) is 4.99 Å². The minimum atomic E-state index is -0.257. The lowest BCUT2D eigenvalue weighted by atomic mass is 10.1. The molecule has 0 amide bonds. The summed E-state index contributed by atoms with van der Waals surface area (Å²) >= 11 is 0. The maximum absolute atomic E-state index is 13.2. The maximum atomic E-state index is 13.2. The van der Waals surface area contributed by atoms with Gasteiger partial charge in [0.25, 0.3) is 5.56 Å². The van der Waals surface area contributed by atoms with E-state index in [9.17, 15) is 9.90 Å². The summed E-state index contributed by atoms with van der Waals surface area (Å²) in [6, 6.07) is 16.9. The van der Waals surface area contributed by atoms with Crippen LogP contribution in [-0.2, 0) is 0 Å². The van der Waals surface area contributed by atoms with E-state index in [-0.39, 0.29) is 22.9 Å². The topological polar surface area (TPSA) is 54.6 Å². The molecule has 128 valence electrons. The first-order valence-corrected chi connectivity index (χ1v) is 8.51. The minimum Gasteiger partial charge on any atom is -0.506 e. The fraction of sp³-hybridized carbons (Fsp3) is 0.238. The molecule has 3 aromatic rings. The van der Waals surface area contributed by atoms with Gasteiger partial charge in [-0.05, 0) is 44.5 Å². The van der Waals surface area contributed by atoms with Gasteiger partial charge in [0.05, 0.1) is 5.52 Å². The highest BCUT2D eigenvalue weighted by atomic mass is 16.3.